The van der Waals surface area contributed by atoms with Gasteiger partial charge < -0.3 is 15.3 Å². The van der Waals surface area contributed by atoms with E-state index in [9.17, 15) is 19.7 Å². The lowest BCUT2D eigenvalue weighted by Gasteiger charge is -2.42. The fraction of sp³-hybridized carbons (Fsp3) is 0.400. The molecule has 3 N–H and O–H groups in total. The van der Waals surface area contributed by atoms with Crippen molar-refractivity contribution < 1.29 is 19.7 Å². The Morgan fingerprint density at radius 2 is 1.73 bits per heavy atom. The molecule has 0 amide bonds. The second-order valence-corrected chi connectivity index (χ2v) is 7.41. The summed E-state index contributed by atoms with van der Waals surface area (Å²) >= 11 is 5.91. The van der Waals surface area contributed by atoms with Crippen LogP contribution in [0.3, 0.4) is 0 Å². The van der Waals surface area contributed by atoms with Gasteiger partial charge in [-0.15, -0.1) is 0 Å². The summed E-state index contributed by atoms with van der Waals surface area (Å²) in [5, 5.41) is 31.4. The third kappa shape index (κ3) is 3.86. The molecule has 140 valence electrons. The van der Waals surface area contributed by atoms with Crippen LogP contribution >= 0.6 is 11.6 Å². The van der Waals surface area contributed by atoms with Gasteiger partial charge in [0, 0.05) is 24.2 Å². The molecular formula is C20H23ClFNO3. The molecule has 1 heterocycles. The molecule has 0 spiro atoms. The average molecular weight is 380 g/mol. The number of nitrogens with zero attached hydrogens (tertiary/aromatic N) is 1. The molecule has 2 atom stereocenters. The Morgan fingerprint density at radius 3 is 2.31 bits per heavy atom. The van der Waals surface area contributed by atoms with Crippen LogP contribution in [-0.4, -0.2) is 39.4 Å². The van der Waals surface area contributed by atoms with E-state index in [4.69, 9.17) is 11.6 Å². The van der Waals surface area contributed by atoms with Crippen molar-refractivity contribution in [2.75, 3.05) is 13.1 Å². The van der Waals surface area contributed by atoms with Crippen LogP contribution in [0.5, 0.6) is 5.75 Å². The summed E-state index contributed by atoms with van der Waals surface area (Å²) in [5.74, 6) is -1.18. The fourth-order valence-electron chi connectivity index (χ4n) is 3.54. The third-order valence-electron chi connectivity index (χ3n) is 5.35. The number of piperidine rings is 1. The van der Waals surface area contributed by atoms with Gasteiger partial charge in [-0.05, 0) is 55.2 Å². The van der Waals surface area contributed by atoms with Gasteiger partial charge in [-0.3, -0.25) is 4.90 Å². The summed E-state index contributed by atoms with van der Waals surface area (Å²) in [6, 6.07) is 10.9. The van der Waals surface area contributed by atoms with Crippen molar-refractivity contribution >= 4 is 11.6 Å². The molecule has 2 aromatic carbocycles. The molecule has 1 saturated heterocycles. The smallest absolute Gasteiger partial charge is 0.165 e. The predicted molar refractivity (Wildman–Crippen MR) is 98.6 cm³/mol. The Hall–Kier alpha value is -1.66. The minimum absolute atomic E-state index is 0.242. The van der Waals surface area contributed by atoms with Gasteiger partial charge >= 0.3 is 0 Å². The molecule has 3 rings (SSSR count). The van der Waals surface area contributed by atoms with E-state index in [1.807, 2.05) is 19.1 Å². The number of phenols is 1. The van der Waals surface area contributed by atoms with Crippen molar-refractivity contribution in [3.8, 4) is 5.75 Å². The number of aromatic hydroxyl groups is 1. The van der Waals surface area contributed by atoms with Gasteiger partial charge in [0.25, 0.3) is 0 Å². The van der Waals surface area contributed by atoms with Gasteiger partial charge in [0.2, 0.25) is 0 Å². The van der Waals surface area contributed by atoms with Gasteiger partial charge in [-0.2, -0.15) is 0 Å². The monoisotopic (exact) mass is 379 g/mol. The lowest BCUT2D eigenvalue weighted by Crippen LogP contribution is -2.47. The van der Waals surface area contributed by atoms with Crippen LogP contribution in [0.15, 0.2) is 42.5 Å². The number of aliphatic hydroxyl groups is 2. The molecule has 26 heavy (non-hydrogen) atoms. The first-order valence-corrected chi connectivity index (χ1v) is 9.07. The normalized spacial score (nSPS) is 19.9. The standard InChI is InChI=1S/C20H23ClFNO3/c1-13(19(25)14-2-7-18(24)17(22)12-14)23-10-8-20(26,9-11-23)15-3-5-16(21)6-4-15/h2-7,12-13,19,24-26H,8-11H2,1H3. The van der Waals surface area contributed by atoms with Crippen LogP contribution < -0.4 is 0 Å². The largest absolute Gasteiger partial charge is 0.505 e. The number of aliphatic hydroxyl groups excluding tert-OH is 1. The highest BCUT2D eigenvalue weighted by Crippen LogP contribution is 2.35. The number of rotatable bonds is 4. The second kappa shape index (κ2) is 7.53. The van der Waals surface area contributed by atoms with Crippen LogP contribution in [-0.2, 0) is 5.60 Å². The van der Waals surface area contributed by atoms with Crippen LogP contribution in [0.25, 0.3) is 0 Å². The molecule has 0 bridgehead atoms. The van der Waals surface area contributed by atoms with Crippen LogP contribution in [0.1, 0.15) is 37.0 Å². The molecule has 6 heteroatoms. The number of benzene rings is 2. The zero-order valence-corrected chi connectivity index (χ0v) is 15.3. The molecule has 0 saturated carbocycles. The van der Waals surface area contributed by atoms with E-state index in [2.05, 4.69) is 4.90 Å². The second-order valence-electron chi connectivity index (χ2n) is 6.97. The van der Waals surface area contributed by atoms with Crippen molar-refractivity contribution in [1.82, 2.24) is 4.90 Å². The van der Waals surface area contributed by atoms with Crippen molar-refractivity contribution in [3.63, 3.8) is 0 Å². The Kier molecular flexibility index (Phi) is 5.53. The molecule has 0 aliphatic carbocycles. The maximum absolute atomic E-state index is 13.5. The topological polar surface area (TPSA) is 63.9 Å². The molecular weight excluding hydrogens is 357 g/mol. The summed E-state index contributed by atoms with van der Waals surface area (Å²) in [4.78, 5) is 2.08. The van der Waals surface area contributed by atoms with E-state index >= 15 is 0 Å². The lowest BCUT2D eigenvalue weighted by atomic mass is 9.83. The fourth-order valence-corrected chi connectivity index (χ4v) is 3.66. The quantitative estimate of drug-likeness (QED) is 0.759. The first-order valence-electron chi connectivity index (χ1n) is 8.69. The van der Waals surface area contributed by atoms with E-state index in [-0.39, 0.29) is 6.04 Å². The van der Waals surface area contributed by atoms with Gasteiger partial charge in [-0.1, -0.05) is 29.8 Å². The van der Waals surface area contributed by atoms with E-state index in [0.29, 0.717) is 36.5 Å². The summed E-state index contributed by atoms with van der Waals surface area (Å²) in [5.41, 5.74) is 0.359. The third-order valence-corrected chi connectivity index (χ3v) is 5.60. The van der Waals surface area contributed by atoms with E-state index in [0.717, 1.165) is 11.6 Å². The molecule has 2 unspecified atom stereocenters. The lowest BCUT2D eigenvalue weighted by molar-refractivity contribution is -0.0502. The highest BCUT2D eigenvalue weighted by atomic mass is 35.5. The molecule has 4 nitrogen and oxygen atoms in total. The van der Waals surface area contributed by atoms with Crippen molar-refractivity contribution in [2.24, 2.45) is 0 Å². The predicted octanol–water partition coefficient (Wildman–Crippen LogP) is 3.59. The minimum atomic E-state index is -0.906. The highest BCUT2D eigenvalue weighted by Gasteiger charge is 2.36. The summed E-state index contributed by atoms with van der Waals surface area (Å²) in [7, 11) is 0. The summed E-state index contributed by atoms with van der Waals surface area (Å²) in [6.45, 7) is 3.10. The van der Waals surface area contributed by atoms with Gasteiger partial charge in [-0.25, -0.2) is 4.39 Å². The first kappa shape index (κ1) is 19.1. The minimum Gasteiger partial charge on any atom is -0.505 e. The van der Waals surface area contributed by atoms with Crippen LogP contribution in [0.4, 0.5) is 4.39 Å². The molecule has 1 fully saturated rings. The Bertz CT molecular complexity index is 760. The molecule has 1 aliphatic rings. The van der Waals surface area contributed by atoms with Crippen molar-refractivity contribution in [3.05, 3.63) is 64.4 Å². The maximum atomic E-state index is 13.5. The summed E-state index contributed by atoms with van der Waals surface area (Å²) < 4.78 is 13.5. The average Bonchev–Trinajstić information content (AvgIpc) is 2.64. The first-order chi connectivity index (χ1) is 12.3. The van der Waals surface area contributed by atoms with E-state index in [1.54, 1.807) is 12.1 Å². The summed E-state index contributed by atoms with van der Waals surface area (Å²) in [6.07, 6.45) is 0.192. The maximum Gasteiger partial charge on any atom is 0.165 e. The van der Waals surface area contributed by atoms with Gasteiger partial charge in [0.1, 0.15) is 0 Å². The number of phenolic OH excluding ortho intramolecular Hbond substituents is 1. The number of hydrogen-bond donors (Lipinski definition) is 3. The molecule has 2 aromatic rings. The molecule has 0 radical (unpaired) electrons. The zero-order valence-electron chi connectivity index (χ0n) is 14.6. The molecule has 1 aliphatic heterocycles. The van der Waals surface area contributed by atoms with Crippen LogP contribution in [0, 0.1) is 5.82 Å². The number of hydrogen-bond acceptors (Lipinski definition) is 4. The van der Waals surface area contributed by atoms with Crippen LogP contribution in [0.2, 0.25) is 5.02 Å². The van der Waals surface area contributed by atoms with E-state index < -0.39 is 23.3 Å². The van der Waals surface area contributed by atoms with Gasteiger partial charge in [0.15, 0.2) is 11.6 Å². The van der Waals surface area contributed by atoms with E-state index in [1.165, 1.54) is 12.1 Å². The number of likely N-dealkylation sites (tertiary alicyclic amines) is 1. The molecule has 0 aromatic heterocycles. The van der Waals surface area contributed by atoms with Crippen molar-refractivity contribution in [1.29, 1.82) is 0 Å². The number of halogens is 2. The highest BCUT2D eigenvalue weighted by molar-refractivity contribution is 6.30. The zero-order chi connectivity index (χ0) is 18.9. The Balaban J connectivity index is 1.66. The Labute approximate surface area is 157 Å². The SMILES string of the molecule is CC(C(O)c1ccc(O)c(F)c1)N1CCC(O)(c2ccc(Cl)cc2)CC1. The Morgan fingerprint density at radius 1 is 1.12 bits per heavy atom. The van der Waals surface area contributed by atoms with Gasteiger partial charge in [0.05, 0.1) is 11.7 Å². The van der Waals surface area contributed by atoms with Crippen molar-refractivity contribution in [2.45, 2.75) is 37.5 Å².